The zero-order chi connectivity index (χ0) is 12.3. The van der Waals surface area contributed by atoms with Crippen molar-refractivity contribution in [3.63, 3.8) is 0 Å². The molecule has 0 radical (unpaired) electrons. The molecule has 5 nitrogen and oxygen atoms in total. The minimum Gasteiger partial charge on any atom is -0.493 e. The van der Waals surface area contributed by atoms with E-state index in [-0.39, 0.29) is 6.10 Å². The average molecular weight is 238 g/mol. The summed E-state index contributed by atoms with van der Waals surface area (Å²) in [7, 11) is 2.87. The van der Waals surface area contributed by atoms with E-state index in [0.717, 1.165) is 0 Å². The van der Waals surface area contributed by atoms with Crippen LogP contribution in [0.2, 0.25) is 0 Å². The van der Waals surface area contributed by atoms with Crippen LogP contribution in [0.25, 0.3) is 0 Å². The second kappa shape index (κ2) is 5.05. The van der Waals surface area contributed by atoms with Crippen LogP contribution in [0.5, 0.6) is 11.5 Å². The molecule has 0 atom stereocenters. The number of rotatable bonds is 4. The molecule has 1 fully saturated rings. The van der Waals surface area contributed by atoms with E-state index in [4.69, 9.17) is 14.2 Å². The van der Waals surface area contributed by atoms with Crippen LogP contribution >= 0.6 is 0 Å². The van der Waals surface area contributed by atoms with E-state index in [0.29, 0.717) is 30.3 Å². The lowest BCUT2D eigenvalue weighted by Gasteiger charge is -2.27. The molecule has 0 aliphatic carbocycles. The Balaban J connectivity index is 2.18. The van der Waals surface area contributed by atoms with Gasteiger partial charge in [0.15, 0.2) is 11.5 Å². The van der Waals surface area contributed by atoms with Crippen LogP contribution in [0.15, 0.2) is 18.2 Å². The summed E-state index contributed by atoms with van der Waals surface area (Å²) < 4.78 is 20.5. The fourth-order valence-electron chi connectivity index (χ4n) is 1.47. The van der Waals surface area contributed by atoms with Crippen molar-refractivity contribution in [2.75, 3.05) is 27.4 Å². The molecule has 0 unspecified atom stereocenters. The standard InChI is InChI=1S/C12H14O5/c1-14-11-5-8(12(13)15-2)3-4-10(11)17-9-6-16-7-9/h3-5,9H,6-7H2,1-2H3. The molecule has 1 aromatic carbocycles. The van der Waals surface area contributed by atoms with Gasteiger partial charge in [-0.25, -0.2) is 4.79 Å². The van der Waals surface area contributed by atoms with E-state index in [1.807, 2.05) is 0 Å². The first-order chi connectivity index (χ1) is 8.24. The van der Waals surface area contributed by atoms with Crippen LogP contribution in [0, 0.1) is 0 Å². The summed E-state index contributed by atoms with van der Waals surface area (Å²) in [6, 6.07) is 4.94. The molecular formula is C12H14O5. The molecule has 1 aromatic rings. The zero-order valence-electron chi connectivity index (χ0n) is 9.76. The first kappa shape index (κ1) is 11.7. The third-order valence-electron chi connectivity index (χ3n) is 2.49. The zero-order valence-corrected chi connectivity index (χ0v) is 9.76. The van der Waals surface area contributed by atoms with Gasteiger partial charge in [-0.05, 0) is 18.2 Å². The van der Waals surface area contributed by atoms with Gasteiger partial charge in [0, 0.05) is 0 Å². The number of esters is 1. The molecule has 2 rings (SSSR count). The van der Waals surface area contributed by atoms with Crippen molar-refractivity contribution in [2.24, 2.45) is 0 Å². The third kappa shape index (κ3) is 2.50. The molecule has 0 spiro atoms. The van der Waals surface area contributed by atoms with Gasteiger partial charge in [-0.3, -0.25) is 0 Å². The van der Waals surface area contributed by atoms with Crippen LogP contribution < -0.4 is 9.47 Å². The van der Waals surface area contributed by atoms with E-state index in [2.05, 4.69) is 4.74 Å². The lowest BCUT2D eigenvalue weighted by atomic mass is 10.2. The first-order valence-electron chi connectivity index (χ1n) is 5.25. The molecule has 0 aromatic heterocycles. The molecule has 0 N–H and O–H groups in total. The lowest BCUT2D eigenvalue weighted by molar-refractivity contribution is -0.0803. The number of carbonyl (C=O) groups excluding carboxylic acids is 1. The highest BCUT2D eigenvalue weighted by atomic mass is 16.6. The van der Waals surface area contributed by atoms with Crippen molar-refractivity contribution in [1.29, 1.82) is 0 Å². The number of ether oxygens (including phenoxy) is 4. The van der Waals surface area contributed by atoms with Gasteiger partial charge in [0.05, 0.1) is 33.0 Å². The fourth-order valence-corrected chi connectivity index (χ4v) is 1.47. The maximum absolute atomic E-state index is 11.3. The Morgan fingerprint density at radius 3 is 2.59 bits per heavy atom. The molecule has 0 bridgehead atoms. The normalized spacial score (nSPS) is 14.9. The lowest BCUT2D eigenvalue weighted by Crippen LogP contribution is -2.38. The Morgan fingerprint density at radius 2 is 2.06 bits per heavy atom. The van der Waals surface area contributed by atoms with Gasteiger partial charge >= 0.3 is 5.97 Å². The fraction of sp³-hybridized carbons (Fsp3) is 0.417. The van der Waals surface area contributed by atoms with Gasteiger partial charge in [-0.1, -0.05) is 0 Å². The van der Waals surface area contributed by atoms with Crippen LogP contribution in [0.1, 0.15) is 10.4 Å². The maximum Gasteiger partial charge on any atom is 0.337 e. The molecule has 17 heavy (non-hydrogen) atoms. The number of hydrogen-bond acceptors (Lipinski definition) is 5. The number of benzene rings is 1. The third-order valence-corrected chi connectivity index (χ3v) is 2.49. The highest BCUT2D eigenvalue weighted by Crippen LogP contribution is 2.30. The van der Waals surface area contributed by atoms with Gasteiger partial charge < -0.3 is 18.9 Å². The summed E-state index contributed by atoms with van der Waals surface area (Å²) in [5, 5.41) is 0. The van der Waals surface area contributed by atoms with Gasteiger partial charge in [-0.2, -0.15) is 0 Å². The molecule has 0 saturated carbocycles. The minimum atomic E-state index is -0.401. The topological polar surface area (TPSA) is 54.0 Å². The molecule has 1 aliphatic heterocycles. The van der Waals surface area contributed by atoms with Crippen molar-refractivity contribution in [2.45, 2.75) is 6.10 Å². The van der Waals surface area contributed by atoms with E-state index < -0.39 is 5.97 Å². The van der Waals surface area contributed by atoms with E-state index in [9.17, 15) is 4.79 Å². The van der Waals surface area contributed by atoms with Crippen molar-refractivity contribution in [3.8, 4) is 11.5 Å². The number of methoxy groups -OCH3 is 2. The SMILES string of the molecule is COC(=O)c1ccc(OC2COC2)c(OC)c1. The summed E-state index contributed by atoms with van der Waals surface area (Å²) >= 11 is 0. The highest BCUT2D eigenvalue weighted by Gasteiger charge is 2.22. The molecule has 0 amide bonds. The predicted molar refractivity (Wildman–Crippen MR) is 59.6 cm³/mol. The monoisotopic (exact) mass is 238 g/mol. The smallest absolute Gasteiger partial charge is 0.337 e. The summed E-state index contributed by atoms with van der Waals surface area (Å²) in [5.74, 6) is 0.718. The highest BCUT2D eigenvalue weighted by molar-refractivity contribution is 5.90. The Kier molecular flexibility index (Phi) is 3.49. The Bertz CT molecular complexity index is 411. The van der Waals surface area contributed by atoms with E-state index >= 15 is 0 Å². The summed E-state index contributed by atoms with van der Waals surface area (Å²) in [6.45, 7) is 1.17. The van der Waals surface area contributed by atoms with Gasteiger partial charge in [0.1, 0.15) is 6.10 Å². The van der Waals surface area contributed by atoms with Crippen molar-refractivity contribution in [1.82, 2.24) is 0 Å². The molecule has 92 valence electrons. The van der Waals surface area contributed by atoms with Gasteiger partial charge in [0.2, 0.25) is 0 Å². The van der Waals surface area contributed by atoms with Crippen LogP contribution in [-0.2, 0) is 9.47 Å². The molecule has 1 aliphatic rings. The summed E-state index contributed by atoms with van der Waals surface area (Å²) in [6.07, 6.45) is 0.0628. The molecular weight excluding hydrogens is 224 g/mol. The van der Waals surface area contributed by atoms with E-state index in [1.165, 1.54) is 14.2 Å². The van der Waals surface area contributed by atoms with Crippen LogP contribution in [-0.4, -0.2) is 39.5 Å². The van der Waals surface area contributed by atoms with E-state index in [1.54, 1.807) is 18.2 Å². The summed E-state index contributed by atoms with van der Waals surface area (Å²) in [5.41, 5.74) is 0.432. The van der Waals surface area contributed by atoms with Crippen LogP contribution in [0.4, 0.5) is 0 Å². The number of carbonyl (C=O) groups is 1. The second-order valence-electron chi connectivity index (χ2n) is 3.63. The largest absolute Gasteiger partial charge is 0.493 e. The van der Waals surface area contributed by atoms with Gasteiger partial charge in [-0.15, -0.1) is 0 Å². The predicted octanol–water partition coefficient (Wildman–Crippen LogP) is 1.26. The quantitative estimate of drug-likeness (QED) is 0.739. The van der Waals surface area contributed by atoms with Crippen molar-refractivity contribution in [3.05, 3.63) is 23.8 Å². The maximum atomic E-state index is 11.3. The summed E-state index contributed by atoms with van der Waals surface area (Å²) in [4.78, 5) is 11.3. The number of hydrogen-bond donors (Lipinski definition) is 0. The van der Waals surface area contributed by atoms with Gasteiger partial charge in [0.25, 0.3) is 0 Å². The average Bonchev–Trinajstić information content (AvgIpc) is 2.32. The minimum absolute atomic E-state index is 0.0628. The molecule has 1 heterocycles. The molecule has 1 saturated heterocycles. The second-order valence-corrected chi connectivity index (χ2v) is 3.63. The van der Waals surface area contributed by atoms with Crippen LogP contribution in [0.3, 0.4) is 0 Å². The first-order valence-corrected chi connectivity index (χ1v) is 5.25. The Hall–Kier alpha value is -1.75. The Labute approximate surface area is 99.2 Å². The Morgan fingerprint density at radius 1 is 1.29 bits per heavy atom. The molecule has 5 heteroatoms. The van der Waals surface area contributed by atoms with Crippen molar-refractivity contribution >= 4 is 5.97 Å². The van der Waals surface area contributed by atoms with Crippen molar-refractivity contribution < 1.29 is 23.7 Å².